The Balaban J connectivity index is 1.82. The van der Waals surface area contributed by atoms with E-state index in [0.29, 0.717) is 18.1 Å². The van der Waals surface area contributed by atoms with Crippen LogP contribution < -0.4 is 16.7 Å². The largest absolute Gasteiger partial charge is 0.332 e. The molecule has 0 bridgehead atoms. The number of aromatic nitrogens is 4. The van der Waals surface area contributed by atoms with Crippen molar-refractivity contribution >= 4 is 39.3 Å². The van der Waals surface area contributed by atoms with Gasteiger partial charge in [0.1, 0.15) is 5.82 Å². The van der Waals surface area contributed by atoms with Gasteiger partial charge in [0.05, 0.1) is 12.8 Å². The van der Waals surface area contributed by atoms with Gasteiger partial charge in [-0.05, 0) is 35.4 Å². The molecule has 0 atom stereocenters. The van der Waals surface area contributed by atoms with Gasteiger partial charge in [-0.15, -0.1) is 0 Å². The summed E-state index contributed by atoms with van der Waals surface area (Å²) < 4.78 is 18.0. The molecule has 0 saturated heterocycles. The summed E-state index contributed by atoms with van der Waals surface area (Å²) in [7, 11) is 2.99. The van der Waals surface area contributed by atoms with Gasteiger partial charge in [-0.3, -0.25) is 18.5 Å². The fourth-order valence-electron chi connectivity index (χ4n) is 3.22. The molecule has 0 spiro atoms. The second-order valence-electron chi connectivity index (χ2n) is 6.95. The maximum Gasteiger partial charge on any atom is 0.332 e. The fraction of sp³-hybridized carbons (Fsp3) is 0.143. The second kappa shape index (κ2) is 8.31. The molecule has 0 saturated carbocycles. The number of hydrogen-bond acceptors (Lipinski definition) is 5. The van der Waals surface area contributed by atoms with Crippen LogP contribution in [0, 0.1) is 5.82 Å². The van der Waals surface area contributed by atoms with Crippen LogP contribution in [0.2, 0.25) is 0 Å². The maximum atomic E-state index is 13.1. The first-order chi connectivity index (χ1) is 14.8. The molecular formula is C21H18BrFN6O2. The van der Waals surface area contributed by atoms with Crippen LogP contribution in [0.25, 0.3) is 11.2 Å². The summed E-state index contributed by atoms with van der Waals surface area (Å²) in [5, 5.41) is 4.17. The van der Waals surface area contributed by atoms with Gasteiger partial charge in [-0.1, -0.05) is 40.2 Å². The van der Waals surface area contributed by atoms with Crippen molar-refractivity contribution in [1.82, 2.24) is 18.7 Å². The molecule has 2 aromatic carbocycles. The normalized spacial score (nSPS) is 11.5. The average molecular weight is 485 g/mol. The van der Waals surface area contributed by atoms with Crippen LogP contribution in [-0.4, -0.2) is 24.9 Å². The second-order valence-corrected chi connectivity index (χ2v) is 7.87. The van der Waals surface area contributed by atoms with Crippen molar-refractivity contribution in [2.75, 3.05) is 5.43 Å². The molecule has 4 rings (SSSR count). The predicted octanol–water partition coefficient (Wildman–Crippen LogP) is 2.83. The summed E-state index contributed by atoms with van der Waals surface area (Å²) in [5.41, 5.74) is 4.08. The number of hydrazone groups is 1. The highest BCUT2D eigenvalue weighted by Crippen LogP contribution is 2.20. The predicted molar refractivity (Wildman–Crippen MR) is 121 cm³/mol. The number of imidazole rings is 1. The minimum absolute atomic E-state index is 0.252. The lowest BCUT2D eigenvalue weighted by Gasteiger charge is -2.09. The van der Waals surface area contributed by atoms with E-state index in [9.17, 15) is 14.0 Å². The molecule has 0 fully saturated rings. The monoisotopic (exact) mass is 484 g/mol. The average Bonchev–Trinajstić information content (AvgIpc) is 3.10. The number of nitrogens with zero attached hydrogens (tertiary/aromatic N) is 5. The van der Waals surface area contributed by atoms with Crippen molar-refractivity contribution in [3.05, 3.63) is 90.8 Å². The van der Waals surface area contributed by atoms with Crippen molar-refractivity contribution in [1.29, 1.82) is 0 Å². The number of fused-ring (bicyclic) bond motifs is 1. The molecule has 0 aliphatic rings. The topological polar surface area (TPSA) is 86.2 Å². The van der Waals surface area contributed by atoms with Crippen molar-refractivity contribution in [3.8, 4) is 0 Å². The molecule has 8 nitrogen and oxygen atoms in total. The molecule has 1 N–H and O–H groups in total. The van der Waals surface area contributed by atoms with Gasteiger partial charge in [0, 0.05) is 18.6 Å². The number of anilines is 1. The molecule has 4 aromatic rings. The van der Waals surface area contributed by atoms with Crippen molar-refractivity contribution in [2.24, 2.45) is 19.2 Å². The van der Waals surface area contributed by atoms with E-state index in [0.717, 1.165) is 14.6 Å². The number of nitrogens with one attached hydrogen (secondary N) is 1. The van der Waals surface area contributed by atoms with Crippen LogP contribution >= 0.6 is 15.9 Å². The van der Waals surface area contributed by atoms with Crippen molar-refractivity contribution in [2.45, 2.75) is 6.54 Å². The third-order valence-electron chi connectivity index (χ3n) is 4.83. The minimum atomic E-state index is -0.467. The minimum Gasteiger partial charge on any atom is -0.298 e. The van der Waals surface area contributed by atoms with E-state index < -0.39 is 11.2 Å². The summed E-state index contributed by atoms with van der Waals surface area (Å²) in [6.07, 6.45) is 1.51. The summed E-state index contributed by atoms with van der Waals surface area (Å²) in [5.74, 6) is -0.0377. The third kappa shape index (κ3) is 4.06. The van der Waals surface area contributed by atoms with Crippen molar-refractivity contribution in [3.63, 3.8) is 0 Å². The lowest BCUT2D eigenvalue weighted by Crippen LogP contribution is -2.37. The third-order valence-corrected chi connectivity index (χ3v) is 5.32. The highest BCUT2D eigenvalue weighted by Gasteiger charge is 2.19. The van der Waals surface area contributed by atoms with Gasteiger partial charge < -0.3 is 0 Å². The van der Waals surface area contributed by atoms with Crippen LogP contribution in [0.1, 0.15) is 11.1 Å². The van der Waals surface area contributed by atoms with Crippen LogP contribution in [0.4, 0.5) is 10.3 Å². The Morgan fingerprint density at radius 1 is 1.13 bits per heavy atom. The quantitative estimate of drug-likeness (QED) is 0.348. The summed E-state index contributed by atoms with van der Waals surface area (Å²) in [6.45, 7) is 0.331. The molecular weight excluding hydrogens is 467 g/mol. The summed E-state index contributed by atoms with van der Waals surface area (Å²) in [6, 6.07) is 13.5. The van der Waals surface area contributed by atoms with Gasteiger partial charge in [-0.25, -0.2) is 14.6 Å². The van der Waals surface area contributed by atoms with E-state index in [2.05, 4.69) is 31.4 Å². The van der Waals surface area contributed by atoms with E-state index >= 15 is 0 Å². The Morgan fingerprint density at radius 3 is 2.58 bits per heavy atom. The SMILES string of the molecule is Cn1c(=O)c2c(nc(N/N=C\c3ccc(F)cc3)n2Cc2cccc(Br)c2)n(C)c1=O. The van der Waals surface area contributed by atoms with Gasteiger partial charge in [0.25, 0.3) is 5.56 Å². The Labute approximate surface area is 184 Å². The molecule has 0 amide bonds. The van der Waals surface area contributed by atoms with Crippen LogP contribution in [0.3, 0.4) is 0 Å². The molecule has 0 radical (unpaired) electrons. The van der Waals surface area contributed by atoms with Gasteiger partial charge in [-0.2, -0.15) is 10.1 Å². The first kappa shape index (κ1) is 20.7. The first-order valence-electron chi connectivity index (χ1n) is 9.30. The number of hydrogen-bond donors (Lipinski definition) is 1. The number of benzene rings is 2. The highest BCUT2D eigenvalue weighted by molar-refractivity contribution is 9.10. The first-order valence-corrected chi connectivity index (χ1v) is 10.1. The Kier molecular flexibility index (Phi) is 5.55. The van der Waals surface area contributed by atoms with E-state index in [1.54, 1.807) is 23.7 Å². The maximum absolute atomic E-state index is 13.1. The molecule has 10 heteroatoms. The molecule has 0 aliphatic carbocycles. The number of rotatable bonds is 5. The fourth-order valence-corrected chi connectivity index (χ4v) is 3.66. The number of halogens is 2. The van der Waals surface area contributed by atoms with E-state index in [1.165, 1.54) is 30.0 Å². The molecule has 158 valence electrons. The lowest BCUT2D eigenvalue weighted by atomic mass is 10.2. The van der Waals surface area contributed by atoms with E-state index in [1.807, 2.05) is 24.3 Å². The molecule has 0 aliphatic heterocycles. The van der Waals surface area contributed by atoms with Crippen LogP contribution in [-0.2, 0) is 20.6 Å². The Hall–Kier alpha value is -3.53. The summed E-state index contributed by atoms with van der Waals surface area (Å²) >= 11 is 3.45. The van der Waals surface area contributed by atoms with Gasteiger partial charge >= 0.3 is 5.69 Å². The zero-order valence-electron chi connectivity index (χ0n) is 16.7. The highest BCUT2D eigenvalue weighted by atomic mass is 79.9. The smallest absolute Gasteiger partial charge is 0.298 e. The van der Waals surface area contributed by atoms with Gasteiger partial charge in [0.2, 0.25) is 5.95 Å². The molecule has 2 aromatic heterocycles. The van der Waals surface area contributed by atoms with Crippen molar-refractivity contribution < 1.29 is 4.39 Å². The Bertz CT molecular complexity index is 1420. The summed E-state index contributed by atoms with van der Waals surface area (Å²) in [4.78, 5) is 29.7. The standard InChI is InChI=1S/C21H18BrFN6O2/c1-27-18-17(19(30)28(2)21(27)31)29(12-14-4-3-5-15(22)10-14)20(25-18)26-24-11-13-6-8-16(23)9-7-13/h3-11H,12H2,1-2H3,(H,25,26)/b24-11-. The van der Waals surface area contributed by atoms with Crippen LogP contribution in [0.5, 0.6) is 0 Å². The molecule has 0 unspecified atom stereocenters. The van der Waals surface area contributed by atoms with E-state index in [4.69, 9.17) is 0 Å². The number of aryl methyl sites for hydroxylation is 1. The van der Waals surface area contributed by atoms with Gasteiger partial charge in [0.15, 0.2) is 11.2 Å². The molecule has 31 heavy (non-hydrogen) atoms. The lowest BCUT2D eigenvalue weighted by molar-refractivity contribution is 0.628. The van der Waals surface area contributed by atoms with E-state index in [-0.39, 0.29) is 17.0 Å². The zero-order chi connectivity index (χ0) is 22.1. The Morgan fingerprint density at radius 2 is 1.87 bits per heavy atom. The molecule has 2 heterocycles. The zero-order valence-corrected chi connectivity index (χ0v) is 18.3. The van der Waals surface area contributed by atoms with Crippen LogP contribution in [0.15, 0.2) is 67.7 Å².